The number of ether oxygens (including phenoxy) is 1. The molecular formula is C29H25FO3. The maximum atomic E-state index is 14.2. The fourth-order valence-electron chi connectivity index (χ4n) is 6.05. The average Bonchev–Trinajstić information content (AvgIpc) is 3.10. The third-order valence-corrected chi connectivity index (χ3v) is 7.37. The molecule has 3 nitrogen and oxygen atoms in total. The van der Waals surface area contributed by atoms with Crippen LogP contribution in [0, 0.1) is 22.6 Å². The van der Waals surface area contributed by atoms with Crippen LogP contribution in [-0.2, 0) is 9.59 Å². The van der Waals surface area contributed by atoms with Crippen LogP contribution >= 0.6 is 0 Å². The van der Waals surface area contributed by atoms with Crippen molar-refractivity contribution in [3.8, 4) is 5.75 Å². The number of Topliss-reactive ketones (excluding diaryl/α,β-unsaturated/α-hetero) is 2. The minimum Gasteiger partial charge on any atom is -0.488 e. The summed E-state index contributed by atoms with van der Waals surface area (Å²) in [6.45, 7) is 5.30. The van der Waals surface area contributed by atoms with E-state index in [1.807, 2.05) is 74.5 Å². The summed E-state index contributed by atoms with van der Waals surface area (Å²) in [5.74, 6) is -0.708. The number of rotatable bonds is 5. The molecule has 0 saturated heterocycles. The van der Waals surface area contributed by atoms with Crippen LogP contribution < -0.4 is 4.74 Å². The quantitative estimate of drug-likeness (QED) is 0.489. The van der Waals surface area contributed by atoms with Crippen LogP contribution in [0.3, 0.4) is 0 Å². The summed E-state index contributed by atoms with van der Waals surface area (Å²) in [5, 5.41) is 0. The molecule has 2 aliphatic carbocycles. The molecule has 4 atom stereocenters. The lowest BCUT2D eigenvalue weighted by molar-refractivity contribution is -0.130. The first-order valence-corrected chi connectivity index (χ1v) is 11.1. The van der Waals surface area contributed by atoms with E-state index in [0.29, 0.717) is 5.75 Å². The van der Waals surface area contributed by atoms with Gasteiger partial charge in [0.05, 0.1) is 16.7 Å². The van der Waals surface area contributed by atoms with Gasteiger partial charge in [-0.2, -0.15) is 0 Å². The molecule has 0 N–H and O–H groups in total. The van der Waals surface area contributed by atoms with Gasteiger partial charge in [-0.1, -0.05) is 60.7 Å². The summed E-state index contributed by atoms with van der Waals surface area (Å²) in [6.07, 6.45) is -0.708. The lowest BCUT2D eigenvalue weighted by atomic mass is 9.65. The smallest absolute Gasteiger partial charge is 0.158 e. The molecule has 2 aliphatic rings. The van der Waals surface area contributed by atoms with Gasteiger partial charge in [0.25, 0.3) is 0 Å². The van der Waals surface area contributed by atoms with Gasteiger partial charge in [-0.3, -0.25) is 9.59 Å². The molecule has 4 heteroatoms. The molecule has 0 amide bonds. The SMILES string of the molecule is CC(=O)C1C(Oc2ccc(F)cc2)C2(C)C(=O)C1(C)C(c1ccccc1)=C2c1ccccc1. The Hall–Kier alpha value is -3.53. The maximum Gasteiger partial charge on any atom is 0.158 e. The average molecular weight is 441 g/mol. The standard InChI is InChI=1S/C29H25FO3/c1-18(31)23-26(33-22-16-14-21(30)15-17-22)29(3)25(20-12-8-5-9-13-20)24(28(23,2)27(29)32)19-10-6-4-7-11-19/h4-17,23,26H,1-3H3. The number of carbonyl (C=O) groups excluding carboxylic acids is 2. The zero-order chi connectivity index (χ0) is 23.4. The van der Waals surface area contributed by atoms with Crippen LogP contribution in [0.4, 0.5) is 4.39 Å². The number of fused-ring (bicyclic) bond motifs is 2. The van der Waals surface area contributed by atoms with E-state index >= 15 is 0 Å². The highest BCUT2D eigenvalue weighted by Crippen LogP contribution is 2.69. The maximum absolute atomic E-state index is 14.2. The molecule has 3 aromatic rings. The van der Waals surface area contributed by atoms with E-state index in [0.717, 1.165) is 22.3 Å². The van der Waals surface area contributed by atoms with E-state index in [2.05, 4.69) is 0 Å². The van der Waals surface area contributed by atoms with E-state index in [4.69, 9.17) is 4.74 Å². The summed E-state index contributed by atoms with van der Waals surface area (Å²) in [5.41, 5.74) is 1.56. The zero-order valence-corrected chi connectivity index (χ0v) is 18.8. The summed E-state index contributed by atoms with van der Waals surface area (Å²) in [6, 6.07) is 25.4. The number of allylic oxidation sites excluding steroid dienone is 1. The van der Waals surface area contributed by atoms with Crippen LogP contribution in [0.5, 0.6) is 5.75 Å². The number of carbonyl (C=O) groups is 2. The number of hydrogen-bond donors (Lipinski definition) is 0. The Balaban J connectivity index is 1.79. The van der Waals surface area contributed by atoms with Crippen molar-refractivity contribution in [1.29, 1.82) is 0 Å². The largest absolute Gasteiger partial charge is 0.488 e. The number of ketones is 2. The summed E-state index contributed by atoms with van der Waals surface area (Å²) >= 11 is 0. The van der Waals surface area contributed by atoms with Gasteiger partial charge < -0.3 is 4.74 Å². The molecule has 0 heterocycles. The van der Waals surface area contributed by atoms with Crippen molar-refractivity contribution in [2.45, 2.75) is 26.9 Å². The van der Waals surface area contributed by atoms with Crippen molar-refractivity contribution in [1.82, 2.24) is 0 Å². The zero-order valence-electron chi connectivity index (χ0n) is 18.8. The van der Waals surface area contributed by atoms with Gasteiger partial charge in [0.2, 0.25) is 0 Å². The highest BCUT2D eigenvalue weighted by molar-refractivity contribution is 6.25. The van der Waals surface area contributed by atoms with Gasteiger partial charge in [-0.05, 0) is 67.3 Å². The first kappa shape index (κ1) is 21.3. The van der Waals surface area contributed by atoms with Gasteiger partial charge in [0.15, 0.2) is 5.78 Å². The molecule has 5 rings (SSSR count). The molecule has 1 saturated carbocycles. The van der Waals surface area contributed by atoms with Crippen LogP contribution in [0.15, 0.2) is 84.9 Å². The number of halogens is 1. The molecular weight excluding hydrogens is 415 g/mol. The van der Waals surface area contributed by atoms with Gasteiger partial charge >= 0.3 is 0 Å². The van der Waals surface area contributed by atoms with E-state index in [-0.39, 0.29) is 17.4 Å². The number of hydrogen-bond acceptors (Lipinski definition) is 3. The second-order valence-corrected chi connectivity index (χ2v) is 9.30. The minimum absolute atomic E-state index is 0.0139. The highest BCUT2D eigenvalue weighted by Gasteiger charge is 2.74. The topological polar surface area (TPSA) is 43.4 Å². The van der Waals surface area contributed by atoms with Crippen molar-refractivity contribution in [3.05, 3.63) is 102 Å². The minimum atomic E-state index is -1.05. The molecule has 33 heavy (non-hydrogen) atoms. The van der Waals surface area contributed by atoms with Crippen LogP contribution in [0.25, 0.3) is 11.1 Å². The van der Waals surface area contributed by atoms with Gasteiger partial charge in [-0.25, -0.2) is 4.39 Å². The first-order chi connectivity index (χ1) is 15.8. The summed E-state index contributed by atoms with van der Waals surface area (Å²) in [4.78, 5) is 27.3. The van der Waals surface area contributed by atoms with Crippen molar-refractivity contribution in [2.75, 3.05) is 0 Å². The van der Waals surface area contributed by atoms with Crippen molar-refractivity contribution < 1.29 is 18.7 Å². The molecule has 2 bridgehead atoms. The number of benzene rings is 3. The van der Waals surface area contributed by atoms with E-state index in [1.54, 1.807) is 12.1 Å². The van der Waals surface area contributed by atoms with E-state index in [9.17, 15) is 14.0 Å². The Bertz CT molecular complexity index is 1260. The molecule has 4 unspecified atom stereocenters. The van der Waals surface area contributed by atoms with Gasteiger partial charge in [0.1, 0.15) is 23.5 Å². The molecule has 0 spiro atoms. The van der Waals surface area contributed by atoms with Gasteiger partial charge in [0, 0.05) is 0 Å². The Kier molecular flexibility index (Phi) is 4.86. The lowest BCUT2D eigenvalue weighted by Crippen LogP contribution is -2.45. The summed E-state index contributed by atoms with van der Waals surface area (Å²) in [7, 11) is 0. The predicted octanol–water partition coefficient (Wildman–Crippen LogP) is 6.00. The molecule has 0 aromatic heterocycles. The van der Waals surface area contributed by atoms with E-state index in [1.165, 1.54) is 19.1 Å². The normalized spacial score (nSPS) is 28.3. The molecule has 1 fully saturated rings. The highest BCUT2D eigenvalue weighted by atomic mass is 19.1. The second kappa shape index (κ2) is 7.51. The van der Waals surface area contributed by atoms with E-state index < -0.39 is 22.9 Å². The van der Waals surface area contributed by atoms with Crippen molar-refractivity contribution in [3.63, 3.8) is 0 Å². The fraction of sp³-hybridized carbons (Fsp3) is 0.241. The van der Waals surface area contributed by atoms with Crippen molar-refractivity contribution >= 4 is 22.7 Å². The lowest BCUT2D eigenvalue weighted by Gasteiger charge is -2.40. The molecule has 3 aromatic carbocycles. The fourth-order valence-corrected chi connectivity index (χ4v) is 6.05. The monoisotopic (exact) mass is 440 g/mol. The van der Waals surface area contributed by atoms with Crippen LogP contribution in [-0.4, -0.2) is 17.7 Å². The Morgan fingerprint density at radius 1 is 0.788 bits per heavy atom. The second-order valence-electron chi connectivity index (χ2n) is 9.30. The summed E-state index contributed by atoms with van der Waals surface area (Å²) < 4.78 is 19.9. The Morgan fingerprint density at radius 3 is 1.76 bits per heavy atom. The molecule has 0 aliphatic heterocycles. The predicted molar refractivity (Wildman–Crippen MR) is 126 cm³/mol. The Morgan fingerprint density at radius 2 is 1.27 bits per heavy atom. The van der Waals surface area contributed by atoms with Crippen LogP contribution in [0.2, 0.25) is 0 Å². The third-order valence-electron chi connectivity index (χ3n) is 7.37. The van der Waals surface area contributed by atoms with Crippen LogP contribution in [0.1, 0.15) is 31.9 Å². The van der Waals surface area contributed by atoms with Gasteiger partial charge in [-0.15, -0.1) is 0 Å². The van der Waals surface area contributed by atoms with Crippen molar-refractivity contribution in [2.24, 2.45) is 16.7 Å². The first-order valence-electron chi connectivity index (χ1n) is 11.1. The molecule has 0 radical (unpaired) electrons. The molecule has 166 valence electrons. The Labute approximate surface area is 192 Å². The third kappa shape index (κ3) is 2.93.